The fourth-order valence-corrected chi connectivity index (χ4v) is 2.41. The van der Waals surface area contributed by atoms with Crippen molar-refractivity contribution in [3.8, 4) is 0 Å². The lowest BCUT2D eigenvalue weighted by Crippen LogP contribution is -2.04. The first-order chi connectivity index (χ1) is 8.09. The Bertz CT molecular complexity index is 583. The Labute approximate surface area is 117 Å². The summed E-state index contributed by atoms with van der Waals surface area (Å²) in [7, 11) is 0. The van der Waals surface area contributed by atoms with Gasteiger partial charge >= 0.3 is 0 Å². The monoisotopic (exact) mass is 360 g/mol. The van der Waals surface area contributed by atoms with E-state index in [-0.39, 0.29) is 11.6 Å². The van der Waals surface area contributed by atoms with E-state index < -0.39 is 0 Å². The molecule has 0 saturated heterocycles. The molecule has 0 saturated carbocycles. The van der Waals surface area contributed by atoms with Gasteiger partial charge in [-0.1, -0.05) is 23.7 Å². The van der Waals surface area contributed by atoms with Gasteiger partial charge in [0.2, 0.25) is 0 Å². The summed E-state index contributed by atoms with van der Waals surface area (Å²) in [6.07, 6.45) is 0. The number of carbonyl (C=O) groups is 1. The third kappa shape index (κ3) is 2.66. The molecule has 0 radical (unpaired) electrons. The molecule has 0 fully saturated rings. The van der Waals surface area contributed by atoms with Gasteiger partial charge in [-0.3, -0.25) is 4.79 Å². The fraction of sp³-hybridized carbons (Fsp3) is 0. The van der Waals surface area contributed by atoms with E-state index >= 15 is 0 Å². The van der Waals surface area contributed by atoms with Crippen molar-refractivity contribution in [3.63, 3.8) is 0 Å². The van der Waals surface area contributed by atoms with E-state index in [1.165, 1.54) is 18.2 Å². The molecule has 0 amide bonds. The van der Waals surface area contributed by atoms with Gasteiger partial charge in [-0.15, -0.1) is 0 Å². The molecule has 0 bridgehead atoms. The summed E-state index contributed by atoms with van der Waals surface area (Å²) in [6.45, 7) is 0. The molecule has 0 unspecified atom stereocenters. The smallest absolute Gasteiger partial charge is 0.195 e. The topological polar surface area (TPSA) is 17.1 Å². The molecule has 2 rings (SSSR count). The molecule has 17 heavy (non-hydrogen) atoms. The molecule has 0 aliphatic heterocycles. The zero-order valence-corrected chi connectivity index (χ0v) is 11.5. The highest BCUT2D eigenvalue weighted by Gasteiger charge is 2.15. The second kappa shape index (κ2) is 5.14. The van der Waals surface area contributed by atoms with E-state index in [1.807, 2.05) is 22.6 Å². The van der Waals surface area contributed by atoms with Crippen LogP contribution in [0.3, 0.4) is 0 Å². The van der Waals surface area contributed by atoms with Gasteiger partial charge in [0, 0.05) is 14.7 Å². The van der Waals surface area contributed by atoms with Gasteiger partial charge in [-0.05, 0) is 52.9 Å². The van der Waals surface area contributed by atoms with Crippen LogP contribution in [0.2, 0.25) is 5.02 Å². The maximum absolute atomic E-state index is 13.0. The number of hydrogen-bond acceptors (Lipinski definition) is 1. The van der Waals surface area contributed by atoms with E-state index in [0.717, 1.165) is 0 Å². The summed E-state index contributed by atoms with van der Waals surface area (Å²) in [5.41, 5.74) is 0.888. The standard InChI is InChI=1S/C13H7ClFIO/c14-11-4-2-1-3-9(11)13(17)10-6-5-8(15)7-12(10)16/h1-7H. The Kier molecular flexibility index (Phi) is 3.79. The van der Waals surface area contributed by atoms with Gasteiger partial charge in [0.15, 0.2) is 5.78 Å². The Morgan fingerprint density at radius 2 is 1.82 bits per heavy atom. The molecule has 4 heteroatoms. The van der Waals surface area contributed by atoms with Crippen LogP contribution in [0, 0.1) is 9.39 Å². The Hall–Kier alpha value is -0.940. The molecule has 0 spiro atoms. The minimum Gasteiger partial charge on any atom is -0.289 e. The molecular weight excluding hydrogens is 353 g/mol. The molecular formula is C13H7ClFIO. The van der Waals surface area contributed by atoms with Crippen LogP contribution in [0.5, 0.6) is 0 Å². The van der Waals surface area contributed by atoms with Crippen LogP contribution in [0.25, 0.3) is 0 Å². The largest absolute Gasteiger partial charge is 0.289 e. The minimum absolute atomic E-state index is 0.194. The summed E-state index contributed by atoms with van der Waals surface area (Å²) in [6, 6.07) is 10.9. The lowest BCUT2D eigenvalue weighted by atomic mass is 10.0. The van der Waals surface area contributed by atoms with E-state index in [4.69, 9.17) is 11.6 Å². The van der Waals surface area contributed by atoms with E-state index in [0.29, 0.717) is 19.7 Å². The summed E-state index contributed by atoms with van der Waals surface area (Å²) in [4.78, 5) is 12.2. The molecule has 0 aliphatic rings. The molecule has 0 aromatic heterocycles. The number of carbonyl (C=O) groups excluding carboxylic acids is 1. The van der Waals surface area contributed by atoms with Crippen molar-refractivity contribution in [2.45, 2.75) is 0 Å². The van der Waals surface area contributed by atoms with Crippen LogP contribution in [0.4, 0.5) is 4.39 Å². The highest BCUT2D eigenvalue weighted by molar-refractivity contribution is 14.1. The number of halogens is 3. The van der Waals surface area contributed by atoms with Crippen molar-refractivity contribution < 1.29 is 9.18 Å². The Balaban J connectivity index is 2.48. The van der Waals surface area contributed by atoms with Crippen LogP contribution in [0.1, 0.15) is 15.9 Å². The van der Waals surface area contributed by atoms with Crippen molar-refractivity contribution in [2.24, 2.45) is 0 Å². The predicted molar refractivity (Wildman–Crippen MR) is 74.0 cm³/mol. The van der Waals surface area contributed by atoms with Gasteiger partial charge in [0.25, 0.3) is 0 Å². The number of rotatable bonds is 2. The first-order valence-electron chi connectivity index (χ1n) is 4.84. The summed E-state index contributed by atoms with van der Waals surface area (Å²) in [5, 5.41) is 0.401. The molecule has 0 N–H and O–H groups in total. The highest BCUT2D eigenvalue weighted by atomic mass is 127. The van der Waals surface area contributed by atoms with Crippen LogP contribution in [0.15, 0.2) is 42.5 Å². The maximum atomic E-state index is 13.0. The second-order valence-corrected chi connectivity index (χ2v) is 5.00. The van der Waals surface area contributed by atoms with Crippen molar-refractivity contribution in [1.29, 1.82) is 0 Å². The van der Waals surface area contributed by atoms with E-state index in [2.05, 4.69) is 0 Å². The Morgan fingerprint density at radius 3 is 2.47 bits per heavy atom. The SMILES string of the molecule is O=C(c1ccccc1Cl)c1ccc(F)cc1I. The average Bonchev–Trinajstić information content (AvgIpc) is 2.29. The fourth-order valence-electron chi connectivity index (χ4n) is 1.46. The molecule has 1 nitrogen and oxygen atoms in total. The normalized spacial score (nSPS) is 10.3. The summed E-state index contributed by atoms with van der Waals surface area (Å²) < 4.78 is 13.5. The maximum Gasteiger partial charge on any atom is 0.195 e. The van der Waals surface area contributed by atoms with Crippen molar-refractivity contribution in [3.05, 3.63) is 68.0 Å². The first-order valence-corrected chi connectivity index (χ1v) is 6.29. The molecule has 0 aliphatic carbocycles. The quantitative estimate of drug-likeness (QED) is 0.576. The second-order valence-electron chi connectivity index (χ2n) is 3.43. The molecule has 2 aromatic carbocycles. The zero-order valence-electron chi connectivity index (χ0n) is 8.58. The number of ketones is 1. The average molecular weight is 361 g/mol. The Morgan fingerprint density at radius 1 is 1.12 bits per heavy atom. The van der Waals surface area contributed by atoms with Crippen LogP contribution in [-0.4, -0.2) is 5.78 Å². The van der Waals surface area contributed by atoms with Crippen molar-refractivity contribution in [2.75, 3.05) is 0 Å². The predicted octanol–water partition coefficient (Wildman–Crippen LogP) is 4.31. The summed E-state index contributed by atoms with van der Waals surface area (Å²) in [5.74, 6) is -0.551. The van der Waals surface area contributed by atoms with Crippen LogP contribution < -0.4 is 0 Å². The van der Waals surface area contributed by atoms with Gasteiger partial charge in [-0.25, -0.2) is 4.39 Å². The first kappa shape index (κ1) is 12.5. The van der Waals surface area contributed by atoms with Gasteiger partial charge in [-0.2, -0.15) is 0 Å². The van der Waals surface area contributed by atoms with Crippen LogP contribution >= 0.6 is 34.2 Å². The summed E-state index contributed by atoms with van der Waals surface area (Å²) >= 11 is 7.89. The third-order valence-corrected chi connectivity index (χ3v) is 3.52. The highest BCUT2D eigenvalue weighted by Crippen LogP contribution is 2.22. The van der Waals surface area contributed by atoms with Gasteiger partial charge < -0.3 is 0 Å². The van der Waals surface area contributed by atoms with Gasteiger partial charge in [0.05, 0.1) is 5.02 Å². The van der Waals surface area contributed by atoms with E-state index in [1.54, 1.807) is 24.3 Å². The lowest BCUT2D eigenvalue weighted by Gasteiger charge is -2.05. The molecule has 86 valence electrons. The molecule has 0 atom stereocenters. The van der Waals surface area contributed by atoms with Crippen LogP contribution in [-0.2, 0) is 0 Å². The van der Waals surface area contributed by atoms with Crippen molar-refractivity contribution >= 4 is 40.0 Å². The lowest BCUT2D eigenvalue weighted by molar-refractivity contribution is 0.103. The molecule has 2 aromatic rings. The number of benzene rings is 2. The van der Waals surface area contributed by atoms with Gasteiger partial charge in [0.1, 0.15) is 5.82 Å². The van der Waals surface area contributed by atoms with E-state index in [9.17, 15) is 9.18 Å². The molecule has 0 heterocycles. The minimum atomic E-state index is -0.356. The third-order valence-electron chi connectivity index (χ3n) is 2.29. The number of hydrogen-bond donors (Lipinski definition) is 0. The van der Waals surface area contributed by atoms with Crippen molar-refractivity contribution in [1.82, 2.24) is 0 Å². The zero-order chi connectivity index (χ0) is 12.4.